The lowest BCUT2D eigenvalue weighted by atomic mass is 10.0. The highest BCUT2D eigenvalue weighted by molar-refractivity contribution is 5.82. The molecule has 0 atom stereocenters. The number of pyridine rings is 1. The minimum atomic E-state index is -0.349. The number of fused-ring (bicyclic) bond motifs is 1. The highest BCUT2D eigenvalue weighted by Crippen LogP contribution is 2.27. The van der Waals surface area contributed by atoms with E-state index in [1.807, 2.05) is 51.0 Å². The molecule has 0 aliphatic carbocycles. The number of nitrogens with one attached hydrogen (secondary N) is 1. The van der Waals surface area contributed by atoms with E-state index in [0.29, 0.717) is 0 Å². The minimum Gasteiger partial charge on any atom is -0.394 e. The molecule has 0 saturated carbocycles. The summed E-state index contributed by atoms with van der Waals surface area (Å²) in [4.78, 5) is 6.83. The van der Waals surface area contributed by atoms with Gasteiger partial charge >= 0.3 is 0 Å². The Morgan fingerprint density at radius 1 is 1.30 bits per heavy atom. The summed E-state index contributed by atoms with van der Waals surface area (Å²) >= 11 is 0. The molecule has 2 N–H and O–H groups in total. The molecule has 0 radical (unpaired) electrons. The van der Waals surface area contributed by atoms with Crippen molar-refractivity contribution < 1.29 is 5.11 Å². The molecule has 0 fully saturated rings. The molecule has 0 bridgehead atoms. The van der Waals surface area contributed by atoms with Gasteiger partial charge in [-0.2, -0.15) is 0 Å². The topological polar surface area (TPSA) is 48.4 Å². The molecular weight excluding hydrogens is 250 g/mol. The summed E-state index contributed by atoms with van der Waals surface area (Å²) in [6, 6.07) is 10.3. The summed E-state index contributed by atoms with van der Waals surface area (Å²) in [7, 11) is 3.91. The third kappa shape index (κ3) is 2.76. The first kappa shape index (κ1) is 14.8. The number of aliphatic hydroxyl groups is 1. The van der Waals surface area contributed by atoms with Crippen molar-refractivity contribution in [1.29, 1.82) is 0 Å². The van der Waals surface area contributed by atoms with Crippen LogP contribution in [0.5, 0.6) is 0 Å². The van der Waals surface area contributed by atoms with Gasteiger partial charge in [-0.15, -0.1) is 0 Å². The first-order valence-electron chi connectivity index (χ1n) is 6.87. The Bertz CT molecular complexity index is 595. The van der Waals surface area contributed by atoms with Crippen LogP contribution in [0.2, 0.25) is 0 Å². The van der Waals surface area contributed by atoms with E-state index in [2.05, 4.69) is 17.4 Å². The molecule has 4 heteroatoms. The fourth-order valence-corrected chi connectivity index (χ4v) is 2.15. The average Bonchev–Trinajstić information content (AvgIpc) is 2.46. The van der Waals surface area contributed by atoms with Crippen molar-refractivity contribution in [2.24, 2.45) is 0 Å². The molecule has 4 nitrogen and oxygen atoms in total. The molecule has 0 spiro atoms. The van der Waals surface area contributed by atoms with Crippen LogP contribution >= 0.6 is 0 Å². The van der Waals surface area contributed by atoms with Crippen molar-refractivity contribution in [2.75, 3.05) is 25.6 Å². The van der Waals surface area contributed by atoms with Crippen molar-refractivity contribution in [2.45, 2.75) is 25.9 Å². The van der Waals surface area contributed by atoms with Crippen LogP contribution in [-0.4, -0.2) is 36.3 Å². The van der Waals surface area contributed by atoms with Crippen molar-refractivity contribution in [1.82, 2.24) is 10.3 Å². The Hall–Kier alpha value is -1.65. The highest BCUT2D eigenvalue weighted by atomic mass is 16.3. The van der Waals surface area contributed by atoms with Crippen LogP contribution in [-0.2, 0) is 6.54 Å². The Balaban J connectivity index is 2.57. The third-order valence-corrected chi connectivity index (χ3v) is 3.76. The van der Waals surface area contributed by atoms with Gasteiger partial charge in [0.15, 0.2) is 0 Å². The van der Waals surface area contributed by atoms with Gasteiger partial charge in [0.25, 0.3) is 0 Å². The van der Waals surface area contributed by atoms with Crippen LogP contribution in [0.4, 0.5) is 5.82 Å². The monoisotopic (exact) mass is 273 g/mol. The van der Waals surface area contributed by atoms with Gasteiger partial charge in [0.2, 0.25) is 0 Å². The Kier molecular flexibility index (Phi) is 4.26. The smallest absolute Gasteiger partial charge is 0.134 e. The standard InChI is InChI=1S/C16H23N3O/c1-16(2,11-20)19(4)15-13(10-17-3)9-12-7-5-6-8-14(12)18-15/h5-9,17,20H,10-11H2,1-4H3. The fraction of sp³-hybridized carbons (Fsp3) is 0.438. The molecule has 0 saturated heterocycles. The third-order valence-electron chi connectivity index (χ3n) is 3.76. The average molecular weight is 273 g/mol. The van der Waals surface area contributed by atoms with Crippen LogP contribution < -0.4 is 10.2 Å². The second-order valence-electron chi connectivity index (χ2n) is 5.72. The van der Waals surface area contributed by atoms with E-state index >= 15 is 0 Å². The lowest BCUT2D eigenvalue weighted by Gasteiger charge is -2.36. The van der Waals surface area contributed by atoms with E-state index in [1.165, 1.54) is 0 Å². The molecule has 0 amide bonds. The van der Waals surface area contributed by atoms with Gasteiger partial charge in [0.05, 0.1) is 17.7 Å². The summed E-state index contributed by atoms with van der Waals surface area (Å²) in [6.45, 7) is 4.84. The van der Waals surface area contributed by atoms with Gasteiger partial charge in [-0.05, 0) is 33.0 Å². The molecule has 108 valence electrons. The first-order valence-corrected chi connectivity index (χ1v) is 6.87. The summed E-state index contributed by atoms with van der Waals surface area (Å²) in [6.07, 6.45) is 0. The van der Waals surface area contributed by atoms with Gasteiger partial charge in [-0.3, -0.25) is 0 Å². The normalized spacial score (nSPS) is 11.8. The summed E-state index contributed by atoms with van der Waals surface area (Å²) in [5.74, 6) is 0.914. The number of anilines is 1. The molecule has 0 unspecified atom stereocenters. The quantitative estimate of drug-likeness (QED) is 0.876. The maximum atomic E-state index is 9.57. The number of aliphatic hydroxyl groups excluding tert-OH is 1. The molecule has 20 heavy (non-hydrogen) atoms. The van der Waals surface area contributed by atoms with Crippen molar-refractivity contribution in [3.05, 3.63) is 35.9 Å². The van der Waals surface area contributed by atoms with Crippen LogP contribution in [0.3, 0.4) is 0 Å². The molecule has 1 aromatic carbocycles. The SMILES string of the molecule is CNCc1cc2ccccc2nc1N(C)C(C)(C)CO. The van der Waals surface area contributed by atoms with Gasteiger partial charge in [0, 0.05) is 24.5 Å². The molecule has 2 aromatic rings. The van der Waals surface area contributed by atoms with Crippen molar-refractivity contribution >= 4 is 16.7 Å². The van der Waals surface area contributed by atoms with Gasteiger partial charge in [-0.1, -0.05) is 18.2 Å². The largest absolute Gasteiger partial charge is 0.394 e. The fourth-order valence-electron chi connectivity index (χ4n) is 2.15. The predicted molar refractivity (Wildman–Crippen MR) is 84.1 cm³/mol. The number of hydrogen-bond acceptors (Lipinski definition) is 4. The second-order valence-corrected chi connectivity index (χ2v) is 5.72. The molecular formula is C16H23N3O. The molecule has 0 aliphatic heterocycles. The zero-order valence-corrected chi connectivity index (χ0v) is 12.6. The van der Waals surface area contributed by atoms with Gasteiger partial charge in [-0.25, -0.2) is 4.98 Å². The summed E-state index contributed by atoms with van der Waals surface area (Å²) in [5, 5.41) is 13.9. The number of para-hydroxylation sites is 1. The van der Waals surface area contributed by atoms with Crippen LogP contribution in [0.1, 0.15) is 19.4 Å². The molecule has 2 rings (SSSR count). The summed E-state index contributed by atoms with van der Waals surface area (Å²) < 4.78 is 0. The Labute approximate surface area is 120 Å². The van der Waals surface area contributed by atoms with Crippen molar-refractivity contribution in [3.8, 4) is 0 Å². The molecule has 1 aromatic heterocycles. The number of benzene rings is 1. The number of likely N-dealkylation sites (N-methyl/N-ethyl adjacent to an activating group) is 1. The number of aromatic nitrogens is 1. The number of hydrogen-bond donors (Lipinski definition) is 2. The molecule has 0 aliphatic rings. The predicted octanol–water partition coefficient (Wildman–Crippen LogP) is 2.16. The van der Waals surface area contributed by atoms with E-state index < -0.39 is 0 Å². The Morgan fingerprint density at radius 3 is 2.65 bits per heavy atom. The van der Waals surface area contributed by atoms with E-state index in [1.54, 1.807) is 0 Å². The van der Waals surface area contributed by atoms with E-state index in [0.717, 1.165) is 28.8 Å². The maximum Gasteiger partial charge on any atom is 0.134 e. The first-order chi connectivity index (χ1) is 9.49. The van der Waals surface area contributed by atoms with Crippen molar-refractivity contribution in [3.63, 3.8) is 0 Å². The minimum absolute atomic E-state index is 0.0804. The number of nitrogens with zero attached hydrogens (tertiary/aromatic N) is 2. The molecule has 1 heterocycles. The zero-order valence-electron chi connectivity index (χ0n) is 12.6. The van der Waals surface area contributed by atoms with Crippen LogP contribution in [0, 0.1) is 0 Å². The lowest BCUT2D eigenvalue weighted by Crippen LogP contribution is -2.45. The van der Waals surface area contributed by atoms with Gasteiger partial charge in [0.1, 0.15) is 5.82 Å². The Morgan fingerprint density at radius 2 is 2.00 bits per heavy atom. The zero-order chi connectivity index (χ0) is 14.8. The van der Waals surface area contributed by atoms with E-state index in [4.69, 9.17) is 4.98 Å². The number of rotatable bonds is 5. The van der Waals surface area contributed by atoms with Gasteiger partial charge < -0.3 is 15.3 Å². The lowest BCUT2D eigenvalue weighted by molar-refractivity contribution is 0.215. The maximum absolute atomic E-state index is 9.57. The second kappa shape index (κ2) is 5.77. The van der Waals surface area contributed by atoms with E-state index in [-0.39, 0.29) is 12.1 Å². The van der Waals surface area contributed by atoms with Crippen LogP contribution in [0.15, 0.2) is 30.3 Å². The summed E-state index contributed by atoms with van der Waals surface area (Å²) in [5.41, 5.74) is 1.76. The van der Waals surface area contributed by atoms with E-state index in [9.17, 15) is 5.11 Å². The van der Waals surface area contributed by atoms with Crippen LogP contribution in [0.25, 0.3) is 10.9 Å². The highest BCUT2D eigenvalue weighted by Gasteiger charge is 2.25.